The fourth-order valence-corrected chi connectivity index (χ4v) is 4.80. The molecule has 0 amide bonds. The lowest BCUT2D eigenvalue weighted by Gasteiger charge is -2.19. The minimum Gasteiger partial charge on any atom is -0.491 e. The van der Waals surface area contributed by atoms with Crippen molar-refractivity contribution in [2.45, 2.75) is 45.7 Å². The van der Waals surface area contributed by atoms with E-state index in [1.807, 2.05) is 44.3 Å². The summed E-state index contributed by atoms with van der Waals surface area (Å²) in [5, 5.41) is 2.00. The topological polar surface area (TPSA) is 117 Å². The van der Waals surface area contributed by atoms with E-state index in [2.05, 4.69) is 31.7 Å². The van der Waals surface area contributed by atoms with Crippen LogP contribution >= 0.6 is 7.60 Å². The van der Waals surface area contributed by atoms with Crippen LogP contribution in [0, 0.1) is 13.8 Å². The fourth-order valence-electron chi connectivity index (χ4n) is 4.07. The highest BCUT2D eigenvalue weighted by Crippen LogP contribution is 2.59. The van der Waals surface area contributed by atoms with Crippen molar-refractivity contribution in [3.8, 4) is 5.75 Å². The van der Waals surface area contributed by atoms with Gasteiger partial charge in [0.1, 0.15) is 24.5 Å². The number of hydrogen-bond acceptors (Lipinski definition) is 7. The Morgan fingerprint density at radius 3 is 2.58 bits per heavy atom. The summed E-state index contributed by atoms with van der Waals surface area (Å²) in [4.78, 5) is 22.8. The first-order valence-electron chi connectivity index (χ1n) is 12.2. The van der Waals surface area contributed by atoms with Gasteiger partial charge in [-0.1, -0.05) is 25.1 Å². The van der Waals surface area contributed by atoms with Crippen molar-refractivity contribution in [1.29, 1.82) is 0 Å². The van der Waals surface area contributed by atoms with Gasteiger partial charge < -0.3 is 15.4 Å². The lowest BCUT2D eigenvalue weighted by Crippen LogP contribution is -2.18. The number of anilines is 1. The molecule has 1 atom stereocenters. The molecule has 0 saturated carbocycles. The number of nitrogens with two attached hydrogens (primary N) is 1. The van der Waals surface area contributed by atoms with E-state index in [0.29, 0.717) is 17.1 Å². The predicted octanol–water partition coefficient (Wildman–Crippen LogP) is 6.28. The minimum atomic E-state index is -5.21. The van der Waals surface area contributed by atoms with Crippen LogP contribution in [0.4, 0.5) is 14.6 Å². The Bertz CT molecular complexity index is 1520. The number of nitrogen functional groups attached to an aromatic ring is 1. The Labute approximate surface area is 219 Å². The van der Waals surface area contributed by atoms with Gasteiger partial charge in [0.25, 0.3) is 0 Å². The van der Waals surface area contributed by atoms with Gasteiger partial charge in [0.05, 0.1) is 5.52 Å². The zero-order valence-corrected chi connectivity index (χ0v) is 22.3. The lowest BCUT2D eigenvalue weighted by atomic mass is 9.99. The zero-order chi connectivity index (χ0) is 27.5. The van der Waals surface area contributed by atoms with E-state index in [0.717, 1.165) is 58.3 Å². The summed E-state index contributed by atoms with van der Waals surface area (Å²) in [7, 11) is -5.21. The third-order valence-electron chi connectivity index (χ3n) is 6.30. The third kappa shape index (κ3) is 6.10. The molecule has 3 N–H and O–H groups in total. The quantitative estimate of drug-likeness (QED) is 0.0743. The SMILES string of the molecule is CCC(F)(F)P(=O)(O)OOCCOc1ccc(CCc2cnc3c(N)nc4cc(C)ccc4c3c2)c(C)c1. The van der Waals surface area contributed by atoms with Gasteiger partial charge in [-0.25, -0.2) is 9.87 Å². The summed E-state index contributed by atoms with van der Waals surface area (Å²) >= 11 is 0. The number of alkyl halides is 2. The number of nitrogens with zero attached hydrogens (tertiary/aromatic N) is 2. The van der Waals surface area contributed by atoms with Crippen LogP contribution < -0.4 is 10.5 Å². The van der Waals surface area contributed by atoms with Crippen molar-refractivity contribution in [3.05, 3.63) is 70.9 Å². The van der Waals surface area contributed by atoms with Crippen LogP contribution in [-0.4, -0.2) is 33.7 Å². The Morgan fingerprint density at radius 2 is 1.84 bits per heavy atom. The zero-order valence-electron chi connectivity index (χ0n) is 21.4. The first kappa shape index (κ1) is 27.9. The molecular formula is C27H30F2N3O5P. The molecule has 0 aliphatic heterocycles. The van der Waals surface area contributed by atoms with Gasteiger partial charge in [-0.05, 0) is 73.2 Å². The van der Waals surface area contributed by atoms with E-state index in [4.69, 9.17) is 10.5 Å². The standard InChI is InChI=1S/C27H30F2N3O5P/c1-4-27(28,29)38(33,34)37-36-12-11-35-21-9-8-20(18(3)14-21)7-6-19-15-23-22-10-5-17(2)13-24(22)32-26(30)25(23)31-16-19/h5,8-10,13-16H,4,6-7,11-12H2,1-3H3,(H2,30,32)(H,33,34). The minimum absolute atomic E-state index is 0.0509. The average Bonchev–Trinajstić information content (AvgIpc) is 2.87. The van der Waals surface area contributed by atoms with Crippen molar-refractivity contribution < 1.29 is 32.5 Å². The van der Waals surface area contributed by atoms with Gasteiger partial charge >= 0.3 is 13.3 Å². The van der Waals surface area contributed by atoms with Crippen LogP contribution in [0.3, 0.4) is 0 Å². The van der Waals surface area contributed by atoms with Crippen LogP contribution in [0.2, 0.25) is 0 Å². The lowest BCUT2D eigenvalue weighted by molar-refractivity contribution is -0.225. The number of benzene rings is 2. The van der Waals surface area contributed by atoms with Crippen molar-refractivity contribution >= 4 is 35.2 Å². The highest BCUT2D eigenvalue weighted by Gasteiger charge is 2.50. The van der Waals surface area contributed by atoms with Crippen LogP contribution in [-0.2, 0) is 27.0 Å². The molecule has 38 heavy (non-hydrogen) atoms. The molecule has 11 heteroatoms. The van der Waals surface area contributed by atoms with Crippen LogP contribution in [0.25, 0.3) is 21.8 Å². The summed E-state index contributed by atoms with van der Waals surface area (Å²) < 4.78 is 47.8. The average molecular weight is 546 g/mol. The summed E-state index contributed by atoms with van der Waals surface area (Å²) in [6.45, 7) is 4.72. The number of halogens is 2. The molecule has 0 spiro atoms. The number of aryl methyl sites for hydroxylation is 4. The van der Waals surface area contributed by atoms with Crippen molar-refractivity contribution in [1.82, 2.24) is 9.97 Å². The molecule has 0 radical (unpaired) electrons. The molecule has 2 heterocycles. The van der Waals surface area contributed by atoms with Crippen molar-refractivity contribution in [2.75, 3.05) is 18.9 Å². The van der Waals surface area contributed by atoms with Crippen LogP contribution in [0.5, 0.6) is 5.75 Å². The van der Waals surface area contributed by atoms with E-state index in [1.165, 1.54) is 0 Å². The Hall–Kier alpha value is -3.17. The Morgan fingerprint density at radius 1 is 1.05 bits per heavy atom. The maximum Gasteiger partial charge on any atom is 0.423 e. The number of ether oxygens (including phenoxy) is 1. The summed E-state index contributed by atoms with van der Waals surface area (Å²) in [6.07, 6.45) is 2.54. The third-order valence-corrected chi connectivity index (χ3v) is 7.75. The van der Waals surface area contributed by atoms with Gasteiger partial charge in [-0.2, -0.15) is 8.78 Å². The monoisotopic (exact) mass is 545 g/mol. The molecular weight excluding hydrogens is 515 g/mol. The van der Waals surface area contributed by atoms with Gasteiger partial charge in [-0.15, -0.1) is 4.67 Å². The second-order valence-corrected chi connectivity index (χ2v) is 11.0. The normalized spacial score (nSPS) is 13.6. The van der Waals surface area contributed by atoms with E-state index in [9.17, 15) is 18.2 Å². The molecule has 1 unspecified atom stereocenters. The highest BCUT2D eigenvalue weighted by molar-refractivity contribution is 7.54. The smallest absolute Gasteiger partial charge is 0.423 e. The van der Waals surface area contributed by atoms with Gasteiger partial charge in [0.15, 0.2) is 5.82 Å². The Balaban J connectivity index is 1.35. The maximum absolute atomic E-state index is 13.4. The molecule has 0 aliphatic carbocycles. The van der Waals surface area contributed by atoms with Gasteiger partial charge in [-0.3, -0.25) is 9.55 Å². The first-order chi connectivity index (χ1) is 18.0. The number of fused-ring (bicyclic) bond motifs is 3. The largest absolute Gasteiger partial charge is 0.491 e. The van der Waals surface area contributed by atoms with E-state index >= 15 is 0 Å². The second kappa shape index (κ2) is 11.3. The van der Waals surface area contributed by atoms with E-state index in [1.54, 1.807) is 6.07 Å². The predicted molar refractivity (Wildman–Crippen MR) is 142 cm³/mol. The van der Waals surface area contributed by atoms with Crippen LogP contribution in [0.1, 0.15) is 35.6 Å². The summed E-state index contributed by atoms with van der Waals surface area (Å²) in [6, 6.07) is 13.8. The number of aromatic nitrogens is 2. The van der Waals surface area contributed by atoms with Crippen LogP contribution in [0.15, 0.2) is 48.7 Å². The molecule has 2 aromatic carbocycles. The molecule has 0 bridgehead atoms. The Kier molecular flexibility index (Phi) is 8.28. The molecule has 8 nitrogen and oxygen atoms in total. The fraction of sp³-hybridized carbons (Fsp3) is 0.333. The highest BCUT2D eigenvalue weighted by atomic mass is 31.2. The summed E-state index contributed by atoms with van der Waals surface area (Å²) in [5.41, 5.74) is 8.18. The van der Waals surface area contributed by atoms with E-state index in [-0.39, 0.29) is 13.2 Å². The molecule has 202 valence electrons. The molecule has 0 aliphatic rings. The summed E-state index contributed by atoms with van der Waals surface area (Å²) in [5.74, 6) is 0.968. The molecule has 0 saturated heterocycles. The van der Waals surface area contributed by atoms with Crippen molar-refractivity contribution in [2.24, 2.45) is 0 Å². The molecule has 2 aromatic heterocycles. The number of rotatable bonds is 11. The second-order valence-electron chi connectivity index (χ2n) is 9.13. The number of hydrogen-bond donors (Lipinski definition) is 2. The van der Waals surface area contributed by atoms with E-state index < -0.39 is 19.7 Å². The van der Waals surface area contributed by atoms with Gasteiger partial charge in [0, 0.05) is 23.4 Å². The number of pyridine rings is 2. The molecule has 0 fully saturated rings. The first-order valence-corrected chi connectivity index (χ1v) is 13.8. The molecule has 4 rings (SSSR count). The maximum atomic E-state index is 13.4. The van der Waals surface area contributed by atoms with Gasteiger partial charge in [0.2, 0.25) is 0 Å². The molecule has 4 aromatic rings. The van der Waals surface area contributed by atoms with Crippen molar-refractivity contribution in [3.63, 3.8) is 0 Å².